The summed E-state index contributed by atoms with van der Waals surface area (Å²) in [6.07, 6.45) is 3.15. The van der Waals surface area contributed by atoms with Gasteiger partial charge in [-0.05, 0) is 43.5 Å². The fourth-order valence-corrected chi connectivity index (χ4v) is 2.39. The highest BCUT2D eigenvalue weighted by atomic mass is 16.6. The Morgan fingerprint density at radius 1 is 1.19 bits per heavy atom. The Bertz CT molecular complexity index is 901. The van der Waals surface area contributed by atoms with Gasteiger partial charge < -0.3 is 14.4 Å². The summed E-state index contributed by atoms with van der Waals surface area (Å²) in [4.78, 5) is 35.8. The van der Waals surface area contributed by atoms with Gasteiger partial charge in [0.05, 0.1) is 0 Å². The zero-order chi connectivity index (χ0) is 19.5. The second-order valence-electron chi connectivity index (χ2n) is 6.79. The van der Waals surface area contributed by atoms with Crippen LogP contribution in [0.25, 0.3) is 17.2 Å². The molecule has 0 aliphatic rings. The number of hydrogen-bond donors (Lipinski definition) is 1. The highest BCUT2D eigenvalue weighted by Gasteiger charge is 2.19. The third-order valence-corrected chi connectivity index (χ3v) is 3.52. The Balaban J connectivity index is 2.48. The predicted molar refractivity (Wildman–Crippen MR) is 99.0 cm³/mol. The van der Waals surface area contributed by atoms with Crippen molar-refractivity contribution in [2.45, 2.75) is 32.9 Å². The van der Waals surface area contributed by atoms with Gasteiger partial charge in [-0.2, -0.15) is 0 Å². The van der Waals surface area contributed by atoms with Gasteiger partial charge in [-0.15, -0.1) is 0 Å². The Kier molecular flexibility index (Phi) is 5.45. The van der Waals surface area contributed by atoms with Crippen LogP contribution in [-0.4, -0.2) is 27.2 Å². The number of aromatic carboxylic acids is 1. The highest BCUT2D eigenvalue weighted by Crippen LogP contribution is 2.20. The first-order chi connectivity index (χ1) is 12.1. The minimum absolute atomic E-state index is 0.366. The Morgan fingerprint density at radius 2 is 1.81 bits per heavy atom. The van der Waals surface area contributed by atoms with Crippen LogP contribution in [-0.2, 0) is 16.1 Å². The lowest BCUT2D eigenvalue weighted by atomic mass is 10.0. The van der Waals surface area contributed by atoms with Crippen LogP contribution in [0.5, 0.6) is 0 Å². The molecule has 2 rings (SSSR count). The van der Waals surface area contributed by atoms with Gasteiger partial charge in [-0.3, -0.25) is 9.59 Å². The number of esters is 1. The van der Waals surface area contributed by atoms with Crippen molar-refractivity contribution in [3.8, 4) is 11.1 Å². The van der Waals surface area contributed by atoms with E-state index in [-0.39, 0.29) is 6.54 Å². The van der Waals surface area contributed by atoms with Crippen molar-refractivity contribution in [3.05, 3.63) is 64.6 Å². The van der Waals surface area contributed by atoms with Crippen LogP contribution in [0, 0.1) is 0 Å². The van der Waals surface area contributed by atoms with Gasteiger partial charge >= 0.3 is 11.9 Å². The number of rotatable bonds is 5. The molecule has 0 fully saturated rings. The quantitative estimate of drug-likeness (QED) is 0.833. The average Bonchev–Trinajstić information content (AvgIpc) is 2.54. The standard InChI is InChI=1S/C20H21NO5/c1-5-13-6-8-14(9-7-13)15-10-16(19(24)25)18(23)21(11-15)12-17(22)26-20(2,3)4/h5-11H,1,12H2,2-4H3,(H,24,25). The number of carbonyl (C=O) groups is 2. The summed E-state index contributed by atoms with van der Waals surface area (Å²) in [5.41, 5.74) is 0.286. The second-order valence-corrected chi connectivity index (χ2v) is 6.79. The number of carboxylic acids is 1. The van der Waals surface area contributed by atoms with Gasteiger partial charge in [-0.1, -0.05) is 36.9 Å². The number of benzene rings is 1. The predicted octanol–water partition coefficient (Wildman–Crippen LogP) is 3.20. The van der Waals surface area contributed by atoms with Crippen molar-refractivity contribution >= 4 is 18.0 Å². The number of carbonyl (C=O) groups excluding carboxylic acids is 1. The summed E-state index contributed by atoms with van der Waals surface area (Å²) in [6, 6.07) is 8.54. The number of carboxylic acid groups (broad SMARTS) is 1. The van der Waals surface area contributed by atoms with Crippen LogP contribution in [0.3, 0.4) is 0 Å². The Morgan fingerprint density at radius 3 is 2.31 bits per heavy atom. The van der Waals surface area contributed by atoms with E-state index in [2.05, 4.69) is 6.58 Å². The van der Waals surface area contributed by atoms with Crippen LogP contribution in [0.15, 0.2) is 47.9 Å². The van der Waals surface area contributed by atoms with Gasteiger partial charge in [0.15, 0.2) is 0 Å². The van der Waals surface area contributed by atoms with E-state index in [1.807, 2.05) is 12.1 Å². The molecule has 1 N–H and O–H groups in total. The largest absolute Gasteiger partial charge is 0.477 e. The van der Waals surface area contributed by atoms with Crippen LogP contribution in [0.1, 0.15) is 36.7 Å². The summed E-state index contributed by atoms with van der Waals surface area (Å²) in [5.74, 6) is -1.97. The molecule has 0 aliphatic carbocycles. The molecule has 0 spiro atoms. The molecule has 2 aromatic rings. The fourth-order valence-electron chi connectivity index (χ4n) is 2.39. The number of hydrogen-bond acceptors (Lipinski definition) is 4. The lowest BCUT2D eigenvalue weighted by Crippen LogP contribution is -2.32. The molecule has 1 aromatic heterocycles. The summed E-state index contributed by atoms with van der Waals surface area (Å²) >= 11 is 0. The van der Waals surface area contributed by atoms with Crippen molar-refractivity contribution in [2.75, 3.05) is 0 Å². The maximum absolute atomic E-state index is 12.4. The molecule has 0 bridgehead atoms. The molecule has 1 aromatic carbocycles. The maximum atomic E-state index is 12.4. The van der Waals surface area contributed by atoms with Crippen LogP contribution in [0.2, 0.25) is 0 Å². The van der Waals surface area contributed by atoms with E-state index in [1.54, 1.807) is 39.0 Å². The zero-order valence-electron chi connectivity index (χ0n) is 15.0. The highest BCUT2D eigenvalue weighted by molar-refractivity contribution is 5.89. The average molecular weight is 355 g/mol. The Hall–Kier alpha value is -3.15. The minimum atomic E-state index is -1.35. The number of ether oxygens (including phenoxy) is 1. The first kappa shape index (κ1) is 19.2. The van der Waals surface area contributed by atoms with E-state index in [4.69, 9.17) is 4.74 Å². The fraction of sp³-hybridized carbons (Fsp3) is 0.250. The van der Waals surface area contributed by atoms with Gasteiger partial charge in [0, 0.05) is 6.20 Å². The van der Waals surface area contributed by atoms with Crippen LogP contribution in [0.4, 0.5) is 0 Å². The second kappa shape index (κ2) is 7.39. The SMILES string of the molecule is C=Cc1ccc(-c2cc(C(=O)O)c(=O)n(CC(=O)OC(C)(C)C)c2)cc1. The summed E-state index contributed by atoms with van der Waals surface area (Å²) < 4.78 is 6.28. The third-order valence-electron chi connectivity index (χ3n) is 3.52. The lowest BCUT2D eigenvalue weighted by Gasteiger charge is -2.20. The topological polar surface area (TPSA) is 85.6 Å². The molecule has 0 radical (unpaired) electrons. The summed E-state index contributed by atoms with van der Waals surface area (Å²) in [7, 11) is 0. The van der Waals surface area contributed by atoms with E-state index < -0.39 is 28.7 Å². The van der Waals surface area contributed by atoms with Crippen molar-refractivity contribution in [1.29, 1.82) is 0 Å². The van der Waals surface area contributed by atoms with E-state index >= 15 is 0 Å². The van der Waals surface area contributed by atoms with Crippen LogP contribution >= 0.6 is 0 Å². The van der Waals surface area contributed by atoms with Gasteiger partial charge in [-0.25, -0.2) is 4.79 Å². The van der Waals surface area contributed by atoms with E-state index in [1.165, 1.54) is 12.3 Å². The minimum Gasteiger partial charge on any atom is -0.477 e. The zero-order valence-corrected chi connectivity index (χ0v) is 15.0. The van der Waals surface area contributed by atoms with Gasteiger partial charge in [0.1, 0.15) is 17.7 Å². The molecule has 0 aliphatic heterocycles. The van der Waals surface area contributed by atoms with E-state index in [9.17, 15) is 19.5 Å². The molecular weight excluding hydrogens is 334 g/mol. The van der Waals surface area contributed by atoms with Crippen molar-refractivity contribution in [2.24, 2.45) is 0 Å². The summed E-state index contributed by atoms with van der Waals surface area (Å²) in [5, 5.41) is 9.32. The van der Waals surface area contributed by atoms with E-state index in [0.717, 1.165) is 15.7 Å². The molecule has 6 nitrogen and oxygen atoms in total. The lowest BCUT2D eigenvalue weighted by molar-refractivity contribution is -0.155. The molecule has 6 heteroatoms. The first-order valence-corrected chi connectivity index (χ1v) is 8.03. The number of aromatic nitrogens is 1. The smallest absolute Gasteiger partial charge is 0.341 e. The van der Waals surface area contributed by atoms with Gasteiger partial charge in [0.2, 0.25) is 0 Å². The third kappa shape index (κ3) is 4.69. The van der Waals surface area contributed by atoms with Crippen molar-refractivity contribution < 1.29 is 19.4 Å². The molecule has 0 amide bonds. The van der Waals surface area contributed by atoms with Gasteiger partial charge in [0.25, 0.3) is 5.56 Å². The number of nitrogens with zero attached hydrogens (tertiary/aromatic N) is 1. The summed E-state index contributed by atoms with van der Waals surface area (Å²) in [6.45, 7) is 8.47. The first-order valence-electron chi connectivity index (χ1n) is 8.03. The van der Waals surface area contributed by atoms with Crippen LogP contribution < -0.4 is 5.56 Å². The molecule has 0 saturated heterocycles. The molecule has 26 heavy (non-hydrogen) atoms. The van der Waals surface area contributed by atoms with E-state index in [0.29, 0.717) is 5.56 Å². The maximum Gasteiger partial charge on any atom is 0.341 e. The monoisotopic (exact) mass is 355 g/mol. The molecular formula is C20H21NO5. The molecule has 0 unspecified atom stereocenters. The normalized spacial score (nSPS) is 11.0. The molecule has 0 atom stereocenters. The molecule has 0 saturated carbocycles. The molecule has 136 valence electrons. The number of pyridine rings is 1. The molecule has 1 heterocycles. The Labute approximate surface area is 151 Å². The van der Waals surface area contributed by atoms with Crippen molar-refractivity contribution in [3.63, 3.8) is 0 Å². The van der Waals surface area contributed by atoms with Crippen molar-refractivity contribution in [1.82, 2.24) is 4.57 Å².